The number of hydrogen-bond donors (Lipinski definition) is 2. The van der Waals surface area contributed by atoms with Gasteiger partial charge in [0, 0.05) is 32.0 Å². The highest BCUT2D eigenvalue weighted by Crippen LogP contribution is 2.17. The van der Waals surface area contributed by atoms with E-state index in [4.69, 9.17) is 5.11 Å². The number of carboxylic acid groups (broad SMARTS) is 1. The molecule has 1 heterocycles. The molecular formula is C14H24N2O4. The molecular weight excluding hydrogens is 260 g/mol. The number of piperidine rings is 1. The second-order valence-corrected chi connectivity index (χ2v) is 5.59. The zero-order valence-electron chi connectivity index (χ0n) is 12.2. The Kier molecular flexibility index (Phi) is 6.48. The molecule has 0 spiro atoms. The monoisotopic (exact) mass is 284 g/mol. The van der Waals surface area contributed by atoms with Crippen LogP contribution in [0.1, 0.15) is 46.0 Å². The fourth-order valence-electron chi connectivity index (χ4n) is 2.36. The van der Waals surface area contributed by atoms with Crippen LogP contribution in [0.3, 0.4) is 0 Å². The van der Waals surface area contributed by atoms with E-state index in [1.807, 2.05) is 13.8 Å². The minimum absolute atomic E-state index is 0.0464. The molecule has 1 aliphatic rings. The molecule has 0 aromatic heterocycles. The fourth-order valence-corrected chi connectivity index (χ4v) is 2.36. The molecule has 1 saturated heterocycles. The van der Waals surface area contributed by atoms with Gasteiger partial charge >= 0.3 is 5.97 Å². The van der Waals surface area contributed by atoms with Crippen molar-refractivity contribution in [2.24, 2.45) is 5.92 Å². The van der Waals surface area contributed by atoms with Crippen molar-refractivity contribution < 1.29 is 19.5 Å². The Hall–Kier alpha value is -1.59. The summed E-state index contributed by atoms with van der Waals surface area (Å²) in [7, 11) is 0. The van der Waals surface area contributed by atoms with Crippen LogP contribution < -0.4 is 5.32 Å². The third-order valence-corrected chi connectivity index (χ3v) is 3.37. The molecule has 1 atom stereocenters. The van der Waals surface area contributed by atoms with Gasteiger partial charge in [-0.1, -0.05) is 0 Å². The van der Waals surface area contributed by atoms with E-state index >= 15 is 0 Å². The van der Waals surface area contributed by atoms with Crippen molar-refractivity contribution in [3.8, 4) is 0 Å². The second-order valence-electron chi connectivity index (χ2n) is 5.59. The number of amides is 2. The molecule has 6 heteroatoms. The van der Waals surface area contributed by atoms with E-state index < -0.39 is 11.9 Å². The number of likely N-dealkylation sites (tertiary alicyclic amines) is 1. The molecule has 114 valence electrons. The molecule has 0 aliphatic carbocycles. The molecule has 6 nitrogen and oxygen atoms in total. The average molecular weight is 284 g/mol. The minimum Gasteiger partial charge on any atom is -0.481 e. The van der Waals surface area contributed by atoms with Gasteiger partial charge in [-0.25, -0.2) is 0 Å². The van der Waals surface area contributed by atoms with Gasteiger partial charge in [-0.2, -0.15) is 0 Å². The van der Waals surface area contributed by atoms with Crippen molar-refractivity contribution >= 4 is 17.8 Å². The number of nitrogens with one attached hydrogen (secondary N) is 1. The Labute approximate surface area is 119 Å². The third kappa shape index (κ3) is 5.59. The van der Waals surface area contributed by atoms with Gasteiger partial charge in [0.15, 0.2) is 0 Å². The smallest absolute Gasteiger partial charge is 0.308 e. The first-order chi connectivity index (χ1) is 9.40. The molecule has 1 rings (SSSR count). The molecule has 2 amide bonds. The van der Waals surface area contributed by atoms with Gasteiger partial charge in [0.05, 0.1) is 5.92 Å². The maximum atomic E-state index is 12.0. The summed E-state index contributed by atoms with van der Waals surface area (Å²) in [4.78, 5) is 36.0. The Morgan fingerprint density at radius 1 is 1.30 bits per heavy atom. The van der Waals surface area contributed by atoms with Crippen molar-refractivity contribution in [2.45, 2.75) is 52.0 Å². The van der Waals surface area contributed by atoms with Gasteiger partial charge in [0.2, 0.25) is 11.8 Å². The molecule has 0 unspecified atom stereocenters. The minimum atomic E-state index is -0.834. The first-order valence-corrected chi connectivity index (χ1v) is 7.20. The van der Waals surface area contributed by atoms with Gasteiger partial charge in [-0.15, -0.1) is 0 Å². The highest BCUT2D eigenvalue weighted by Gasteiger charge is 2.27. The molecule has 1 aliphatic heterocycles. The summed E-state index contributed by atoms with van der Waals surface area (Å²) in [5.41, 5.74) is 0. The standard InChI is InChI=1S/C14H24N2O4/c1-10(2)15-12(17)6-3-7-13(18)16-8-4-5-11(9-16)14(19)20/h10-11H,3-9H2,1-2H3,(H,15,17)(H,19,20)/t11-/m0/s1. The van der Waals surface area contributed by atoms with E-state index in [1.165, 1.54) is 0 Å². The summed E-state index contributed by atoms with van der Waals surface area (Å²) in [5, 5.41) is 11.8. The first kappa shape index (κ1) is 16.5. The maximum Gasteiger partial charge on any atom is 0.308 e. The van der Waals surface area contributed by atoms with Crippen LogP contribution >= 0.6 is 0 Å². The van der Waals surface area contributed by atoms with E-state index in [2.05, 4.69) is 5.32 Å². The summed E-state index contributed by atoms with van der Waals surface area (Å²) in [6.07, 6.45) is 2.51. The Bertz CT molecular complexity index is 368. The third-order valence-electron chi connectivity index (χ3n) is 3.37. The van der Waals surface area contributed by atoms with Crippen LogP contribution in [0, 0.1) is 5.92 Å². The molecule has 0 saturated carbocycles. The van der Waals surface area contributed by atoms with Gasteiger partial charge in [-0.3, -0.25) is 14.4 Å². The van der Waals surface area contributed by atoms with E-state index in [9.17, 15) is 14.4 Å². The van der Waals surface area contributed by atoms with E-state index in [0.29, 0.717) is 38.8 Å². The number of carbonyl (C=O) groups is 3. The summed E-state index contributed by atoms with van der Waals surface area (Å²) in [6, 6.07) is 0.108. The normalized spacial score (nSPS) is 18.9. The van der Waals surface area contributed by atoms with Crippen molar-refractivity contribution in [2.75, 3.05) is 13.1 Å². The molecule has 1 fully saturated rings. The van der Waals surface area contributed by atoms with Crippen LogP contribution in [0.25, 0.3) is 0 Å². The Balaban J connectivity index is 2.28. The summed E-state index contributed by atoms with van der Waals surface area (Å²) in [6.45, 7) is 4.71. The van der Waals surface area contributed by atoms with Crippen LogP contribution in [0.15, 0.2) is 0 Å². The fraction of sp³-hybridized carbons (Fsp3) is 0.786. The summed E-state index contributed by atoms with van der Waals surface area (Å²) in [5.74, 6) is -1.38. The number of hydrogen-bond acceptors (Lipinski definition) is 3. The van der Waals surface area contributed by atoms with Crippen LogP contribution in [-0.2, 0) is 14.4 Å². The SMILES string of the molecule is CC(C)NC(=O)CCCC(=O)N1CCC[C@H](C(=O)O)C1. The summed E-state index contributed by atoms with van der Waals surface area (Å²) >= 11 is 0. The van der Waals surface area contributed by atoms with E-state index in [-0.39, 0.29) is 17.9 Å². The Morgan fingerprint density at radius 3 is 2.60 bits per heavy atom. The predicted octanol–water partition coefficient (Wildman–Crippen LogP) is 1.00. The lowest BCUT2D eigenvalue weighted by Crippen LogP contribution is -2.42. The predicted molar refractivity (Wildman–Crippen MR) is 74.1 cm³/mol. The van der Waals surface area contributed by atoms with Crippen molar-refractivity contribution in [3.63, 3.8) is 0 Å². The second kappa shape index (κ2) is 7.87. The van der Waals surface area contributed by atoms with Gasteiger partial charge < -0.3 is 15.3 Å². The molecule has 2 N–H and O–H groups in total. The van der Waals surface area contributed by atoms with Crippen molar-refractivity contribution in [1.29, 1.82) is 0 Å². The molecule has 0 aromatic carbocycles. The lowest BCUT2D eigenvalue weighted by atomic mass is 9.98. The lowest BCUT2D eigenvalue weighted by molar-refractivity contribution is -0.145. The largest absolute Gasteiger partial charge is 0.481 e. The van der Waals surface area contributed by atoms with Gasteiger partial charge in [0.1, 0.15) is 0 Å². The van der Waals surface area contributed by atoms with Crippen LogP contribution in [-0.4, -0.2) is 46.9 Å². The van der Waals surface area contributed by atoms with Gasteiger partial charge in [-0.05, 0) is 33.1 Å². The first-order valence-electron chi connectivity index (χ1n) is 7.20. The lowest BCUT2D eigenvalue weighted by Gasteiger charge is -2.30. The highest BCUT2D eigenvalue weighted by atomic mass is 16.4. The zero-order chi connectivity index (χ0) is 15.1. The Morgan fingerprint density at radius 2 is 2.00 bits per heavy atom. The quantitative estimate of drug-likeness (QED) is 0.762. The number of carboxylic acids is 1. The number of nitrogens with zero attached hydrogens (tertiary/aromatic N) is 1. The molecule has 20 heavy (non-hydrogen) atoms. The van der Waals surface area contributed by atoms with Crippen LogP contribution in [0.2, 0.25) is 0 Å². The molecule has 0 aromatic rings. The van der Waals surface area contributed by atoms with Crippen molar-refractivity contribution in [3.05, 3.63) is 0 Å². The van der Waals surface area contributed by atoms with Crippen molar-refractivity contribution in [1.82, 2.24) is 10.2 Å². The van der Waals surface area contributed by atoms with E-state index in [0.717, 1.165) is 6.42 Å². The summed E-state index contributed by atoms with van der Waals surface area (Å²) < 4.78 is 0. The van der Waals surface area contributed by atoms with Crippen LogP contribution in [0.4, 0.5) is 0 Å². The van der Waals surface area contributed by atoms with Crippen LogP contribution in [0.5, 0.6) is 0 Å². The topological polar surface area (TPSA) is 86.7 Å². The number of rotatable bonds is 6. The average Bonchev–Trinajstić information content (AvgIpc) is 2.37. The number of carbonyl (C=O) groups excluding carboxylic acids is 2. The molecule has 0 bridgehead atoms. The maximum absolute atomic E-state index is 12.0. The number of aliphatic carboxylic acids is 1. The van der Waals surface area contributed by atoms with E-state index in [1.54, 1.807) is 4.90 Å². The van der Waals surface area contributed by atoms with Gasteiger partial charge in [0.25, 0.3) is 0 Å². The highest BCUT2D eigenvalue weighted by molar-refractivity contribution is 5.80. The molecule has 0 radical (unpaired) electrons. The zero-order valence-corrected chi connectivity index (χ0v) is 12.2.